The largest absolute Gasteiger partial charge is 0.496 e. The van der Waals surface area contributed by atoms with Crippen molar-refractivity contribution in [3.8, 4) is 5.75 Å². The molecule has 0 bridgehead atoms. The van der Waals surface area contributed by atoms with Crippen molar-refractivity contribution in [2.75, 3.05) is 39.8 Å². The van der Waals surface area contributed by atoms with Crippen molar-refractivity contribution >= 4 is 6.08 Å². The van der Waals surface area contributed by atoms with Gasteiger partial charge in [0.1, 0.15) is 5.75 Å². The lowest BCUT2D eigenvalue weighted by molar-refractivity contribution is 0.100. The minimum absolute atomic E-state index is 0.218. The molecule has 0 amide bonds. The molecule has 0 spiro atoms. The number of benzene rings is 1. The zero-order valence-corrected chi connectivity index (χ0v) is 14.4. The van der Waals surface area contributed by atoms with E-state index in [9.17, 15) is 5.11 Å². The normalized spacial score (nSPS) is 18.4. The second-order valence-corrected chi connectivity index (χ2v) is 6.40. The number of β-amino-alcohol motifs (C(OH)–C–C–N with tert-alkyl or cyclic N) is 1. The van der Waals surface area contributed by atoms with Gasteiger partial charge in [0.15, 0.2) is 0 Å². The number of ether oxygens (including phenoxy) is 1. The SMILES string of the molecule is COc1ccccc1/C=C/CNCC1CCN(CC(C)O)CC1. The van der Waals surface area contributed by atoms with Gasteiger partial charge in [0.05, 0.1) is 13.2 Å². The van der Waals surface area contributed by atoms with Gasteiger partial charge in [-0.3, -0.25) is 0 Å². The van der Waals surface area contributed by atoms with E-state index in [4.69, 9.17) is 4.74 Å². The quantitative estimate of drug-likeness (QED) is 0.723. The third-order valence-corrected chi connectivity index (χ3v) is 4.36. The zero-order valence-electron chi connectivity index (χ0n) is 14.4. The number of piperidine rings is 1. The van der Waals surface area contributed by atoms with Gasteiger partial charge in [0, 0.05) is 18.7 Å². The molecule has 1 unspecified atom stereocenters. The van der Waals surface area contributed by atoms with Crippen LogP contribution in [0.25, 0.3) is 6.08 Å². The van der Waals surface area contributed by atoms with Gasteiger partial charge >= 0.3 is 0 Å². The molecule has 1 heterocycles. The molecule has 0 saturated carbocycles. The highest BCUT2D eigenvalue weighted by molar-refractivity contribution is 5.57. The molecule has 4 heteroatoms. The first-order valence-electron chi connectivity index (χ1n) is 8.59. The number of para-hydroxylation sites is 1. The first-order chi connectivity index (χ1) is 11.2. The van der Waals surface area contributed by atoms with E-state index < -0.39 is 0 Å². The van der Waals surface area contributed by atoms with Crippen molar-refractivity contribution in [2.45, 2.75) is 25.9 Å². The van der Waals surface area contributed by atoms with Gasteiger partial charge in [-0.2, -0.15) is 0 Å². The van der Waals surface area contributed by atoms with Crippen LogP contribution in [0, 0.1) is 5.92 Å². The predicted octanol–water partition coefficient (Wildman–Crippen LogP) is 2.39. The highest BCUT2D eigenvalue weighted by Gasteiger charge is 2.19. The second kappa shape index (κ2) is 9.71. The Bertz CT molecular complexity index is 480. The van der Waals surface area contributed by atoms with Crippen LogP contribution in [0.5, 0.6) is 5.75 Å². The van der Waals surface area contributed by atoms with Crippen LogP contribution in [0.2, 0.25) is 0 Å². The summed E-state index contributed by atoms with van der Waals surface area (Å²) in [6, 6.07) is 8.05. The van der Waals surface area contributed by atoms with Crippen molar-refractivity contribution in [1.82, 2.24) is 10.2 Å². The zero-order chi connectivity index (χ0) is 16.5. The van der Waals surface area contributed by atoms with E-state index in [1.54, 1.807) is 7.11 Å². The molecule has 1 aromatic carbocycles. The van der Waals surface area contributed by atoms with Gasteiger partial charge in [0.2, 0.25) is 0 Å². The number of aliphatic hydroxyl groups is 1. The lowest BCUT2D eigenvalue weighted by Crippen LogP contribution is -2.40. The standard InChI is InChI=1S/C19H30N2O2/c1-16(22)15-21-12-9-17(10-13-21)14-20-11-5-7-18-6-3-4-8-19(18)23-2/h3-8,16-17,20,22H,9-15H2,1-2H3/b7-5+. The van der Waals surface area contributed by atoms with Crippen LogP contribution in [0.15, 0.2) is 30.3 Å². The van der Waals surface area contributed by atoms with E-state index in [0.717, 1.165) is 50.0 Å². The van der Waals surface area contributed by atoms with Crippen LogP contribution in [0.4, 0.5) is 0 Å². The summed E-state index contributed by atoms with van der Waals surface area (Å²) >= 11 is 0. The first-order valence-corrected chi connectivity index (χ1v) is 8.59. The molecule has 1 aromatic rings. The summed E-state index contributed by atoms with van der Waals surface area (Å²) in [6.45, 7) is 6.83. The molecule has 1 fully saturated rings. The molecule has 1 atom stereocenters. The van der Waals surface area contributed by atoms with Crippen LogP contribution < -0.4 is 10.1 Å². The van der Waals surface area contributed by atoms with Crippen molar-refractivity contribution in [1.29, 1.82) is 0 Å². The lowest BCUT2D eigenvalue weighted by Gasteiger charge is -2.32. The van der Waals surface area contributed by atoms with Gasteiger partial charge < -0.3 is 20.1 Å². The Kier molecular flexibility index (Phi) is 7.59. The molecule has 1 aliphatic heterocycles. The Morgan fingerprint density at radius 2 is 2.09 bits per heavy atom. The van der Waals surface area contributed by atoms with Gasteiger partial charge in [-0.25, -0.2) is 0 Å². The van der Waals surface area contributed by atoms with Gasteiger partial charge in [-0.1, -0.05) is 30.4 Å². The van der Waals surface area contributed by atoms with Gasteiger partial charge in [-0.05, 0) is 51.4 Å². The number of methoxy groups -OCH3 is 1. The summed E-state index contributed by atoms with van der Waals surface area (Å²) in [5.74, 6) is 1.66. The Morgan fingerprint density at radius 3 is 2.78 bits per heavy atom. The number of hydrogen-bond acceptors (Lipinski definition) is 4. The van der Waals surface area contributed by atoms with Crippen molar-refractivity contribution < 1.29 is 9.84 Å². The smallest absolute Gasteiger partial charge is 0.126 e. The molecule has 1 aliphatic rings. The number of aliphatic hydroxyl groups excluding tert-OH is 1. The predicted molar refractivity (Wildman–Crippen MR) is 95.7 cm³/mol. The average molecular weight is 318 g/mol. The second-order valence-electron chi connectivity index (χ2n) is 6.40. The highest BCUT2D eigenvalue weighted by atomic mass is 16.5. The first kappa shape index (κ1) is 18.0. The van der Waals surface area contributed by atoms with Crippen molar-refractivity contribution in [2.24, 2.45) is 5.92 Å². The molecule has 2 N–H and O–H groups in total. The monoisotopic (exact) mass is 318 g/mol. The summed E-state index contributed by atoms with van der Waals surface area (Å²) in [5.41, 5.74) is 1.11. The molecule has 0 aromatic heterocycles. The van der Waals surface area contributed by atoms with Crippen LogP contribution in [0.3, 0.4) is 0 Å². The van der Waals surface area contributed by atoms with Crippen LogP contribution in [-0.4, -0.2) is 55.9 Å². The van der Waals surface area contributed by atoms with Crippen molar-refractivity contribution in [3.63, 3.8) is 0 Å². The third kappa shape index (κ3) is 6.34. The fourth-order valence-corrected chi connectivity index (χ4v) is 3.11. The maximum atomic E-state index is 9.43. The van der Waals surface area contributed by atoms with Crippen molar-refractivity contribution in [3.05, 3.63) is 35.9 Å². The number of likely N-dealkylation sites (tertiary alicyclic amines) is 1. The third-order valence-electron chi connectivity index (χ3n) is 4.36. The molecule has 23 heavy (non-hydrogen) atoms. The number of nitrogens with zero attached hydrogens (tertiary/aromatic N) is 1. The van der Waals surface area contributed by atoms with E-state index >= 15 is 0 Å². The number of hydrogen-bond donors (Lipinski definition) is 2. The summed E-state index contributed by atoms with van der Waals surface area (Å²) in [7, 11) is 1.70. The summed E-state index contributed by atoms with van der Waals surface area (Å²) in [6.07, 6.45) is 6.48. The molecule has 2 rings (SSSR count). The Hall–Kier alpha value is -1.36. The number of nitrogens with one attached hydrogen (secondary N) is 1. The Balaban J connectivity index is 1.63. The molecule has 0 aliphatic carbocycles. The Morgan fingerprint density at radius 1 is 1.35 bits per heavy atom. The maximum Gasteiger partial charge on any atom is 0.126 e. The minimum atomic E-state index is -0.218. The van der Waals surface area contributed by atoms with Crippen LogP contribution in [-0.2, 0) is 0 Å². The maximum absolute atomic E-state index is 9.43. The molecular weight excluding hydrogens is 288 g/mol. The van der Waals surface area contributed by atoms with Crippen LogP contribution in [0.1, 0.15) is 25.3 Å². The summed E-state index contributed by atoms with van der Waals surface area (Å²) in [5, 5.41) is 13.0. The van der Waals surface area contributed by atoms with E-state index in [1.165, 1.54) is 12.8 Å². The van der Waals surface area contributed by atoms with Crippen LogP contribution >= 0.6 is 0 Å². The topological polar surface area (TPSA) is 44.7 Å². The molecule has 128 valence electrons. The van der Waals surface area contributed by atoms with E-state index in [-0.39, 0.29) is 6.10 Å². The fourth-order valence-electron chi connectivity index (χ4n) is 3.11. The molecule has 1 saturated heterocycles. The molecular formula is C19H30N2O2. The average Bonchev–Trinajstić information content (AvgIpc) is 2.56. The van der Waals surface area contributed by atoms with Gasteiger partial charge in [-0.15, -0.1) is 0 Å². The molecule has 0 radical (unpaired) electrons. The van der Waals surface area contributed by atoms with E-state index in [2.05, 4.69) is 28.4 Å². The minimum Gasteiger partial charge on any atom is -0.496 e. The van der Waals surface area contributed by atoms with Gasteiger partial charge in [0.25, 0.3) is 0 Å². The summed E-state index contributed by atoms with van der Waals surface area (Å²) in [4.78, 5) is 2.36. The highest BCUT2D eigenvalue weighted by Crippen LogP contribution is 2.18. The van der Waals surface area contributed by atoms with E-state index in [0.29, 0.717) is 0 Å². The molecule has 4 nitrogen and oxygen atoms in total. The number of rotatable bonds is 8. The summed E-state index contributed by atoms with van der Waals surface area (Å²) < 4.78 is 5.34. The fraction of sp³-hybridized carbons (Fsp3) is 0.579. The Labute approximate surface area is 140 Å². The van der Waals surface area contributed by atoms with E-state index in [1.807, 2.05) is 25.1 Å². The lowest BCUT2D eigenvalue weighted by atomic mass is 9.96.